The highest BCUT2D eigenvalue weighted by molar-refractivity contribution is 7.99. The second-order valence-corrected chi connectivity index (χ2v) is 7.44. The van der Waals surface area contributed by atoms with Crippen molar-refractivity contribution in [2.75, 3.05) is 11.5 Å². The average molecular weight is 282 g/mol. The Balaban J connectivity index is 2.65. The van der Waals surface area contributed by atoms with Crippen LogP contribution in [0, 0.1) is 0 Å². The van der Waals surface area contributed by atoms with Gasteiger partial charge in [0.1, 0.15) is 5.25 Å². The zero-order chi connectivity index (χ0) is 12.2. The fourth-order valence-electron chi connectivity index (χ4n) is 1.70. The molecule has 0 amide bonds. The first kappa shape index (κ1) is 14.2. The number of hydrogen-bond acceptors (Lipinski definition) is 4. The maximum atomic E-state index is 12.0. The fourth-order valence-corrected chi connectivity index (χ4v) is 4.97. The lowest BCUT2D eigenvalue weighted by molar-refractivity contribution is 0.524. The minimum absolute atomic E-state index is 0.0506. The van der Waals surface area contributed by atoms with E-state index in [2.05, 4.69) is 4.72 Å². The molecule has 1 fully saturated rings. The fraction of sp³-hybridized carbons (Fsp3) is 0.889. The topological polar surface area (TPSA) is 72.2 Å². The van der Waals surface area contributed by atoms with Crippen molar-refractivity contribution in [2.45, 2.75) is 37.5 Å². The summed E-state index contributed by atoms with van der Waals surface area (Å²) in [6.45, 7) is 1.78. The summed E-state index contributed by atoms with van der Waals surface area (Å²) in [6, 6.07) is 0.0506. The third-order valence-corrected chi connectivity index (χ3v) is 6.10. The van der Waals surface area contributed by atoms with Crippen LogP contribution in [0.15, 0.2) is 0 Å². The lowest BCUT2D eigenvalue weighted by atomic mass is 10.2. The van der Waals surface area contributed by atoms with Gasteiger partial charge in [-0.1, -0.05) is 19.1 Å². The summed E-state index contributed by atoms with van der Waals surface area (Å²) >= 11 is 6.65. The Labute approximate surface area is 107 Å². The predicted octanol–water partition coefficient (Wildman–Crippen LogP) is 0.866. The molecule has 0 aliphatic carbocycles. The highest BCUT2D eigenvalue weighted by Gasteiger charge is 2.29. The molecule has 16 heavy (non-hydrogen) atoms. The van der Waals surface area contributed by atoms with E-state index >= 15 is 0 Å². The summed E-state index contributed by atoms with van der Waals surface area (Å²) in [5.74, 6) is 2.02. The van der Waals surface area contributed by atoms with Gasteiger partial charge >= 0.3 is 0 Å². The van der Waals surface area contributed by atoms with Crippen LogP contribution >= 0.6 is 24.0 Å². The van der Waals surface area contributed by atoms with Crippen molar-refractivity contribution in [3.8, 4) is 0 Å². The Morgan fingerprint density at radius 1 is 1.56 bits per heavy atom. The molecule has 1 rings (SSSR count). The molecule has 1 aliphatic rings. The van der Waals surface area contributed by atoms with Crippen LogP contribution < -0.4 is 10.5 Å². The quantitative estimate of drug-likeness (QED) is 0.732. The van der Waals surface area contributed by atoms with Crippen molar-refractivity contribution < 1.29 is 8.42 Å². The number of sulfonamides is 1. The van der Waals surface area contributed by atoms with Crippen LogP contribution in [-0.2, 0) is 10.0 Å². The summed E-state index contributed by atoms with van der Waals surface area (Å²) in [5, 5.41) is -0.739. The van der Waals surface area contributed by atoms with Crippen LogP contribution in [0.3, 0.4) is 0 Å². The van der Waals surface area contributed by atoms with Gasteiger partial charge in [-0.2, -0.15) is 11.8 Å². The number of thiocarbonyl (C=S) groups is 1. The van der Waals surface area contributed by atoms with Crippen molar-refractivity contribution in [1.82, 2.24) is 4.72 Å². The number of nitrogens with one attached hydrogen (secondary N) is 1. The van der Waals surface area contributed by atoms with Gasteiger partial charge in [0, 0.05) is 6.04 Å². The van der Waals surface area contributed by atoms with Gasteiger partial charge in [0.15, 0.2) is 0 Å². The Hall–Kier alpha value is 0.150. The first-order chi connectivity index (χ1) is 7.47. The number of thioether (sulfide) groups is 1. The van der Waals surface area contributed by atoms with Gasteiger partial charge in [0.2, 0.25) is 10.0 Å². The molecule has 1 aliphatic heterocycles. The molecule has 0 bridgehead atoms. The molecule has 1 saturated heterocycles. The van der Waals surface area contributed by atoms with Gasteiger partial charge in [0.25, 0.3) is 0 Å². The molecular weight excluding hydrogens is 264 g/mol. The summed E-state index contributed by atoms with van der Waals surface area (Å²) in [5.41, 5.74) is 5.45. The Morgan fingerprint density at radius 3 is 2.56 bits per heavy atom. The maximum Gasteiger partial charge on any atom is 0.221 e. The van der Waals surface area contributed by atoms with E-state index in [0.717, 1.165) is 24.3 Å². The van der Waals surface area contributed by atoms with Crippen molar-refractivity contribution in [3.05, 3.63) is 0 Å². The molecule has 0 saturated carbocycles. The summed E-state index contributed by atoms with van der Waals surface area (Å²) in [6.07, 6.45) is 2.20. The smallest absolute Gasteiger partial charge is 0.221 e. The molecule has 4 nitrogen and oxygen atoms in total. The molecular formula is C9H18N2O2S3. The lowest BCUT2D eigenvalue weighted by Gasteiger charge is -2.24. The van der Waals surface area contributed by atoms with E-state index in [1.165, 1.54) is 0 Å². The molecule has 0 aromatic heterocycles. The third kappa shape index (κ3) is 3.87. The van der Waals surface area contributed by atoms with Gasteiger partial charge < -0.3 is 5.73 Å². The van der Waals surface area contributed by atoms with Crippen LogP contribution in [0.2, 0.25) is 0 Å². The van der Waals surface area contributed by atoms with E-state index in [1.54, 1.807) is 6.92 Å². The van der Waals surface area contributed by atoms with Crippen molar-refractivity contribution in [1.29, 1.82) is 0 Å². The molecule has 0 radical (unpaired) electrons. The van der Waals surface area contributed by atoms with E-state index in [4.69, 9.17) is 18.0 Å². The van der Waals surface area contributed by atoms with Gasteiger partial charge in [-0.3, -0.25) is 0 Å². The molecule has 1 heterocycles. The lowest BCUT2D eigenvalue weighted by Crippen LogP contribution is -2.46. The second kappa shape index (κ2) is 6.18. The maximum absolute atomic E-state index is 12.0. The molecule has 0 aromatic rings. The average Bonchev–Trinajstić information content (AvgIpc) is 2.18. The van der Waals surface area contributed by atoms with Crippen molar-refractivity contribution in [2.24, 2.45) is 5.73 Å². The Morgan fingerprint density at radius 2 is 2.12 bits per heavy atom. The van der Waals surface area contributed by atoms with Crippen molar-refractivity contribution >= 4 is 39.0 Å². The molecule has 1 unspecified atom stereocenters. The zero-order valence-corrected chi connectivity index (χ0v) is 11.8. The molecule has 94 valence electrons. The van der Waals surface area contributed by atoms with Crippen LogP contribution in [-0.4, -0.2) is 36.2 Å². The van der Waals surface area contributed by atoms with E-state index < -0.39 is 15.3 Å². The normalized spacial score (nSPS) is 20.6. The van der Waals surface area contributed by atoms with Crippen LogP contribution in [0.25, 0.3) is 0 Å². The monoisotopic (exact) mass is 282 g/mol. The Bertz CT molecular complexity index is 337. The Kier molecular flexibility index (Phi) is 5.49. The number of rotatable bonds is 5. The SMILES string of the molecule is CCC(C(N)=S)S(=O)(=O)NC1CCSCC1. The number of hydrogen-bond donors (Lipinski definition) is 2. The molecule has 7 heteroatoms. The molecule has 3 N–H and O–H groups in total. The van der Waals surface area contributed by atoms with E-state index in [0.29, 0.717) is 6.42 Å². The van der Waals surface area contributed by atoms with Crippen LogP contribution in [0.4, 0.5) is 0 Å². The molecule has 1 atom stereocenters. The highest BCUT2D eigenvalue weighted by atomic mass is 32.2. The summed E-state index contributed by atoms with van der Waals surface area (Å²) < 4.78 is 26.7. The van der Waals surface area contributed by atoms with E-state index in [1.807, 2.05) is 11.8 Å². The van der Waals surface area contributed by atoms with Gasteiger partial charge in [-0.25, -0.2) is 13.1 Å². The van der Waals surface area contributed by atoms with Crippen LogP contribution in [0.5, 0.6) is 0 Å². The number of nitrogens with two attached hydrogens (primary N) is 1. The van der Waals surface area contributed by atoms with Crippen molar-refractivity contribution in [3.63, 3.8) is 0 Å². The molecule has 0 spiro atoms. The summed E-state index contributed by atoms with van der Waals surface area (Å²) in [7, 11) is -3.40. The zero-order valence-electron chi connectivity index (χ0n) is 9.31. The minimum Gasteiger partial charge on any atom is -0.392 e. The van der Waals surface area contributed by atoms with E-state index in [-0.39, 0.29) is 11.0 Å². The largest absolute Gasteiger partial charge is 0.392 e. The predicted molar refractivity (Wildman–Crippen MR) is 73.3 cm³/mol. The van der Waals surface area contributed by atoms with E-state index in [9.17, 15) is 8.42 Å². The third-order valence-electron chi connectivity index (χ3n) is 2.61. The van der Waals surface area contributed by atoms with Crippen LogP contribution in [0.1, 0.15) is 26.2 Å². The standard InChI is InChI=1S/C9H18N2O2S3/c1-2-8(9(10)14)16(12,13)11-7-3-5-15-6-4-7/h7-8,11H,2-6H2,1H3,(H2,10,14). The second-order valence-electron chi connectivity index (χ2n) is 3.85. The van der Waals surface area contributed by atoms with Gasteiger partial charge in [-0.15, -0.1) is 0 Å². The summed E-state index contributed by atoms with van der Waals surface area (Å²) in [4.78, 5) is 0.0557. The first-order valence-corrected chi connectivity index (χ1v) is 8.46. The van der Waals surface area contributed by atoms with Gasteiger partial charge in [-0.05, 0) is 30.8 Å². The minimum atomic E-state index is -3.40. The van der Waals surface area contributed by atoms with Gasteiger partial charge in [0.05, 0.1) is 4.99 Å². The molecule has 0 aromatic carbocycles. The highest BCUT2D eigenvalue weighted by Crippen LogP contribution is 2.18. The first-order valence-electron chi connectivity index (χ1n) is 5.35.